The van der Waals surface area contributed by atoms with Gasteiger partial charge < -0.3 is 4.90 Å². The highest BCUT2D eigenvalue weighted by Gasteiger charge is 2.01. The summed E-state index contributed by atoms with van der Waals surface area (Å²) >= 11 is 0. The molecule has 1 aromatic heterocycles. The van der Waals surface area contributed by atoms with Gasteiger partial charge in [0.05, 0.1) is 0 Å². The molecule has 0 atom stereocenters. The number of tetrazole rings is 1. The number of hydrogen-bond acceptors (Lipinski definition) is 4. The fourth-order valence-electron chi connectivity index (χ4n) is 0.817. The van der Waals surface area contributed by atoms with Crippen LogP contribution in [0.3, 0.4) is 0 Å². The third-order valence-electron chi connectivity index (χ3n) is 1.54. The van der Waals surface area contributed by atoms with Crippen molar-refractivity contribution >= 4 is 5.95 Å². The number of hydrogen-bond donors (Lipinski definition) is 1. The molecule has 0 aliphatic rings. The Morgan fingerprint density at radius 3 is 2.91 bits per heavy atom. The Morgan fingerprint density at radius 2 is 2.36 bits per heavy atom. The van der Waals surface area contributed by atoms with Crippen LogP contribution in [0.2, 0.25) is 0 Å². The Balaban J connectivity index is 2.36. The summed E-state index contributed by atoms with van der Waals surface area (Å²) in [6.45, 7) is 3.15. The molecule has 0 amide bonds. The van der Waals surface area contributed by atoms with E-state index >= 15 is 0 Å². The topological polar surface area (TPSA) is 57.7 Å². The normalized spacial score (nSPS) is 10.0. The molecule has 0 saturated heterocycles. The minimum absolute atomic E-state index is 0.735. The van der Waals surface area contributed by atoms with Crippen LogP contribution < -0.4 is 4.90 Å². The lowest BCUT2D eigenvalue weighted by atomic mass is 10.3. The second-order valence-corrected chi connectivity index (χ2v) is 2.50. The first-order valence-electron chi connectivity index (χ1n) is 3.79. The van der Waals surface area contributed by atoms with Crippen molar-refractivity contribution in [2.24, 2.45) is 0 Å². The van der Waals surface area contributed by atoms with E-state index in [9.17, 15) is 0 Å². The van der Waals surface area contributed by atoms with E-state index in [1.165, 1.54) is 6.42 Å². The molecule has 1 heterocycles. The number of rotatable bonds is 4. The molecule has 0 spiro atoms. The fraction of sp³-hybridized carbons (Fsp3) is 0.833. The van der Waals surface area contributed by atoms with Crippen molar-refractivity contribution in [3.8, 4) is 0 Å². The first kappa shape index (κ1) is 7.97. The van der Waals surface area contributed by atoms with E-state index in [2.05, 4.69) is 27.5 Å². The van der Waals surface area contributed by atoms with Gasteiger partial charge in [0.1, 0.15) is 0 Å². The van der Waals surface area contributed by atoms with Crippen molar-refractivity contribution in [3.63, 3.8) is 0 Å². The van der Waals surface area contributed by atoms with E-state index in [1.807, 2.05) is 11.9 Å². The monoisotopic (exact) mass is 155 g/mol. The zero-order valence-corrected chi connectivity index (χ0v) is 6.91. The van der Waals surface area contributed by atoms with Gasteiger partial charge in [0, 0.05) is 13.6 Å². The quantitative estimate of drug-likeness (QED) is 0.685. The standard InChI is InChI=1S/C6H13N5/c1-3-4-5-11(2)6-7-9-10-8-6/h3-5H2,1-2H3,(H,7,8,9,10). The SMILES string of the molecule is CCCCN(C)c1nnn[nH]1. The molecule has 11 heavy (non-hydrogen) atoms. The third kappa shape index (κ3) is 2.18. The lowest BCUT2D eigenvalue weighted by Gasteiger charge is -2.12. The lowest BCUT2D eigenvalue weighted by Crippen LogP contribution is -2.19. The second kappa shape index (κ2) is 3.90. The predicted octanol–water partition coefficient (Wildman–Crippen LogP) is 0.436. The number of unbranched alkanes of at least 4 members (excludes halogenated alkanes) is 1. The molecule has 1 rings (SSSR count). The smallest absolute Gasteiger partial charge is 0.242 e. The Hall–Kier alpha value is -1.13. The molecule has 0 unspecified atom stereocenters. The van der Waals surface area contributed by atoms with Crippen molar-refractivity contribution in [3.05, 3.63) is 0 Å². The summed E-state index contributed by atoms with van der Waals surface area (Å²) in [4.78, 5) is 2.00. The Bertz CT molecular complexity index is 183. The highest BCUT2D eigenvalue weighted by molar-refractivity contribution is 5.22. The van der Waals surface area contributed by atoms with Crippen LogP contribution >= 0.6 is 0 Å². The van der Waals surface area contributed by atoms with Crippen molar-refractivity contribution in [2.45, 2.75) is 19.8 Å². The van der Waals surface area contributed by atoms with E-state index in [4.69, 9.17) is 0 Å². The fourth-order valence-corrected chi connectivity index (χ4v) is 0.817. The molecule has 5 heteroatoms. The molecular weight excluding hydrogens is 142 g/mol. The summed E-state index contributed by atoms with van der Waals surface area (Å²) in [5.74, 6) is 0.735. The molecule has 0 aliphatic heterocycles. The number of H-pyrrole nitrogens is 1. The van der Waals surface area contributed by atoms with E-state index in [1.54, 1.807) is 0 Å². The first-order chi connectivity index (χ1) is 5.34. The van der Waals surface area contributed by atoms with Crippen molar-refractivity contribution in [1.29, 1.82) is 0 Å². The minimum Gasteiger partial charge on any atom is -0.343 e. The zero-order chi connectivity index (χ0) is 8.10. The van der Waals surface area contributed by atoms with Crippen molar-refractivity contribution < 1.29 is 0 Å². The van der Waals surface area contributed by atoms with Gasteiger partial charge in [-0.2, -0.15) is 0 Å². The summed E-state index contributed by atoms with van der Waals surface area (Å²) in [6, 6.07) is 0. The summed E-state index contributed by atoms with van der Waals surface area (Å²) in [5, 5.41) is 13.5. The van der Waals surface area contributed by atoms with Crippen LogP contribution in [0.25, 0.3) is 0 Å². The summed E-state index contributed by atoms with van der Waals surface area (Å²) in [6.07, 6.45) is 2.35. The molecule has 0 saturated carbocycles. The number of nitrogens with zero attached hydrogens (tertiary/aromatic N) is 4. The number of nitrogens with one attached hydrogen (secondary N) is 1. The summed E-state index contributed by atoms with van der Waals surface area (Å²) < 4.78 is 0. The second-order valence-electron chi connectivity index (χ2n) is 2.50. The molecule has 0 bridgehead atoms. The largest absolute Gasteiger partial charge is 0.343 e. The van der Waals surface area contributed by atoms with Gasteiger partial charge in [0.25, 0.3) is 0 Å². The van der Waals surface area contributed by atoms with Gasteiger partial charge in [-0.15, -0.1) is 0 Å². The van der Waals surface area contributed by atoms with Gasteiger partial charge in [-0.25, -0.2) is 5.10 Å². The molecule has 0 aliphatic carbocycles. The Kier molecular flexibility index (Phi) is 2.83. The number of aromatic amines is 1. The van der Waals surface area contributed by atoms with Gasteiger partial charge in [0.15, 0.2) is 0 Å². The molecule has 0 radical (unpaired) electrons. The maximum absolute atomic E-state index is 3.78. The first-order valence-corrected chi connectivity index (χ1v) is 3.79. The van der Waals surface area contributed by atoms with E-state index in [-0.39, 0.29) is 0 Å². The average molecular weight is 155 g/mol. The molecular formula is C6H13N5. The molecule has 1 aromatic rings. The summed E-state index contributed by atoms with van der Waals surface area (Å²) in [5.41, 5.74) is 0. The van der Waals surface area contributed by atoms with Crippen LogP contribution in [0.5, 0.6) is 0 Å². The van der Waals surface area contributed by atoms with Crippen LogP contribution in [0, 0.1) is 0 Å². The van der Waals surface area contributed by atoms with Crippen molar-refractivity contribution in [2.75, 3.05) is 18.5 Å². The van der Waals surface area contributed by atoms with Gasteiger partial charge in [-0.05, 0) is 16.8 Å². The molecule has 0 aromatic carbocycles. The minimum atomic E-state index is 0.735. The van der Waals surface area contributed by atoms with Crippen LogP contribution in [0.4, 0.5) is 5.95 Å². The molecule has 5 nitrogen and oxygen atoms in total. The molecule has 0 fully saturated rings. The molecule has 1 N–H and O–H groups in total. The van der Waals surface area contributed by atoms with Gasteiger partial charge >= 0.3 is 0 Å². The lowest BCUT2D eigenvalue weighted by molar-refractivity contribution is 0.751. The average Bonchev–Trinajstić information content (AvgIpc) is 2.52. The highest BCUT2D eigenvalue weighted by atomic mass is 15.5. The predicted molar refractivity (Wildman–Crippen MR) is 42.4 cm³/mol. The van der Waals surface area contributed by atoms with Crippen LogP contribution in [0.1, 0.15) is 19.8 Å². The van der Waals surface area contributed by atoms with Crippen LogP contribution in [0.15, 0.2) is 0 Å². The Labute approximate surface area is 65.8 Å². The maximum atomic E-state index is 3.78. The van der Waals surface area contributed by atoms with Gasteiger partial charge in [-0.3, -0.25) is 0 Å². The maximum Gasteiger partial charge on any atom is 0.242 e. The number of aromatic nitrogens is 4. The van der Waals surface area contributed by atoms with Crippen LogP contribution in [-0.2, 0) is 0 Å². The van der Waals surface area contributed by atoms with Gasteiger partial charge in [-0.1, -0.05) is 18.4 Å². The third-order valence-corrected chi connectivity index (χ3v) is 1.54. The zero-order valence-electron chi connectivity index (χ0n) is 6.91. The van der Waals surface area contributed by atoms with E-state index < -0.39 is 0 Å². The Morgan fingerprint density at radius 1 is 1.55 bits per heavy atom. The van der Waals surface area contributed by atoms with Crippen molar-refractivity contribution in [1.82, 2.24) is 20.6 Å². The van der Waals surface area contributed by atoms with E-state index in [0.29, 0.717) is 0 Å². The number of anilines is 1. The molecule has 62 valence electrons. The van der Waals surface area contributed by atoms with E-state index in [0.717, 1.165) is 18.9 Å². The summed E-state index contributed by atoms with van der Waals surface area (Å²) in [7, 11) is 1.97. The van der Waals surface area contributed by atoms with Gasteiger partial charge in [0.2, 0.25) is 5.95 Å². The van der Waals surface area contributed by atoms with Crippen LogP contribution in [-0.4, -0.2) is 34.2 Å². The highest BCUT2D eigenvalue weighted by Crippen LogP contribution is 2.00.